The molecule has 21 heavy (non-hydrogen) atoms. The predicted octanol–water partition coefficient (Wildman–Crippen LogP) is 2.29. The molecule has 0 fully saturated rings. The van der Waals surface area contributed by atoms with Crippen LogP contribution in [0.3, 0.4) is 0 Å². The molecule has 0 bridgehead atoms. The second-order valence-electron chi connectivity index (χ2n) is 4.87. The van der Waals surface area contributed by atoms with Crippen LogP contribution in [0.2, 0.25) is 0 Å². The van der Waals surface area contributed by atoms with E-state index in [0.717, 1.165) is 41.4 Å². The van der Waals surface area contributed by atoms with Crippen LogP contribution in [0, 0.1) is 0 Å². The molecule has 1 aromatic heterocycles. The van der Waals surface area contributed by atoms with Crippen molar-refractivity contribution in [1.82, 2.24) is 15.1 Å². The van der Waals surface area contributed by atoms with Crippen LogP contribution in [-0.4, -0.2) is 23.9 Å². The average Bonchev–Trinajstić information content (AvgIpc) is 2.86. The largest absolute Gasteiger partial charge is 0.493 e. The number of methoxy groups -OCH3 is 1. The number of aromatic nitrogens is 2. The van der Waals surface area contributed by atoms with Gasteiger partial charge in [-0.3, -0.25) is 4.68 Å². The van der Waals surface area contributed by atoms with Crippen LogP contribution in [-0.2, 0) is 26.6 Å². The van der Waals surface area contributed by atoms with Crippen LogP contribution < -0.4 is 14.8 Å². The number of nitrogens with one attached hydrogen (secondary N) is 1. The number of hydrogen-bond acceptors (Lipinski definition) is 4. The maximum absolute atomic E-state index is 6.01. The van der Waals surface area contributed by atoms with Gasteiger partial charge in [0, 0.05) is 19.2 Å². The van der Waals surface area contributed by atoms with Crippen molar-refractivity contribution in [2.24, 2.45) is 7.05 Å². The summed E-state index contributed by atoms with van der Waals surface area (Å²) in [5.74, 6) is 1.54. The molecule has 0 amide bonds. The first kappa shape index (κ1) is 15.4. The van der Waals surface area contributed by atoms with Crippen LogP contribution in [0.5, 0.6) is 11.5 Å². The summed E-state index contributed by atoms with van der Waals surface area (Å²) >= 11 is 0. The molecular formula is C16H23N3O2. The molecule has 0 aliphatic heterocycles. The van der Waals surface area contributed by atoms with Crippen LogP contribution in [0.25, 0.3) is 0 Å². The third kappa shape index (κ3) is 3.55. The normalized spacial score (nSPS) is 10.7. The highest BCUT2D eigenvalue weighted by atomic mass is 16.5. The van der Waals surface area contributed by atoms with E-state index in [1.165, 1.54) is 0 Å². The third-order valence-electron chi connectivity index (χ3n) is 3.40. The van der Waals surface area contributed by atoms with E-state index in [2.05, 4.69) is 23.4 Å². The number of para-hydroxylation sites is 1. The standard InChI is InChI=1S/C16H23N3O2/c1-5-13-9-14(19(3)18-13)11-21-16-12(10-17-2)7-6-8-15(16)20-4/h6-9,17H,5,10-11H2,1-4H3. The number of hydrogen-bond donors (Lipinski definition) is 1. The fourth-order valence-corrected chi connectivity index (χ4v) is 2.24. The number of benzene rings is 1. The quantitative estimate of drug-likeness (QED) is 0.849. The molecule has 5 heteroatoms. The molecule has 0 aliphatic rings. The molecule has 1 aromatic carbocycles. The lowest BCUT2D eigenvalue weighted by Crippen LogP contribution is -2.09. The van der Waals surface area contributed by atoms with E-state index < -0.39 is 0 Å². The van der Waals surface area contributed by atoms with E-state index in [4.69, 9.17) is 9.47 Å². The molecular weight excluding hydrogens is 266 g/mol. The van der Waals surface area contributed by atoms with Crippen molar-refractivity contribution in [2.45, 2.75) is 26.5 Å². The van der Waals surface area contributed by atoms with Crippen LogP contribution in [0.15, 0.2) is 24.3 Å². The molecule has 0 radical (unpaired) electrons. The summed E-state index contributed by atoms with van der Waals surface area (Å²) in [7, 11) is 5.51. The number of nitrogens with zero attached hydrogens (tertiary/aromatic N) is 2. The zero-order valence-corrected chi connectivity index (χ0v) is 13.1. The van der Waals surface area contributed by atoms with Gasteiger partial charge in [0.15, 0.2) is 11.5 Å². The van der Waals surface area contributed by atoms with E-state index in [1.54, 1.807) is 7.11 Å². The zero-order valence-electron chi connectivity index (χ0n) is 13.1. The second-order valence-corrected chi connectivity index (χ2v) is 4.87. The van der Waals surface area contributed by atoms with E-state index >= 15 is 0 Å². The Kier molecular flexibility index (Phi) is 5.22. The van der Waals surface area contributed by atoms with Gasteiger partial charge in [-0.2, -0.15) is 5.10 Å². The summed E-state index contributed by atoms with van der Waals surface area (Å²) in [4.78, 5) is 0. The van der Waals surface area contributed by atoms with Gasteiger partial charge in [-0.05, 0) is 25.6 Å². The Labute approximate surface area is 125 Å². The van der Waals surface area contributed by atoms with Crippen molar-refractivity contribution in [3.8, 4) is 11.5 Å². The van der Waals surface area contributed by atoms with Crippen molar-refractivity contribution in [3.05, 3.63) is 41.2 Å². The van der Waals surface area contributed by atoms with E-state index in [-0.39, 0.29) is 0 Å². The van der Waals surface area contributed by atoms with Gasteiger partial charge in [0.25, 0.3) is 0 Å². The number of rotatable bonds is 7. The van der Waals surface area contributed by atoms with Gasteiger partial charge < -0.3 is 14.8 Å². The van der Waals surface area contributed by atoms with Gasteiger partial charge in [-0.25, -0.2) is 0 Å². The molecule has 0 saturated carbocycles. The SMILES string of the molecule is CCc1cc(COc2c(CNC)cccc2OC)n(C)n1. The van der Waals surface area contributed by atoms with Crippen molar-refractivity contribution < 1.29 is 9.47 Å². The lowest BCUT2D eigenvalue weighted by Gasteiger charge is -2.15. The van der Waals surface area contributed by atoms with Crippen molar-refractivity contribution in [3.63, 3.8) is 0 Å². The first-order chi connectivity index (χ1) is 10.2. The van der Waals surface area contributed by atoms with Gasteiger partial charge in [-0.1, -0.05) is 19.1 Å². The van der Waals surface area contributed by atoms with Crippen LogP contribution in [0.1, 0.15) is 23.9 Å². The summed E-state index contributed by atoms with van der Waals surface area (Å²) in [6.07, 6.45) is 0.924. The average molecular weight is 289 g/mol. The van der Waals surface area contributed by atoms with Gasteiger partial charge >= 0.3 is 0 Å². The Bertz CT molecular complexity index is 593. The fourth-order valence-electron chi connectivity index (χ4n) is 2.24. The molecule has 0 saturated heterocycles. The number of aryl methyl sites for hydroxylation is 2. The fraction of sp³-hybridized carbons (Fsp3) is 0.438. The zero-order chi connectivity index (χ0) is 15.2. The van der Waals surface area contributed by atoms with Gasteiger partial charge in [0.1, 0.15) is 6.61 Å². The molecule has 114 valence electrons. The topological polar surface area (TPSA) is 48.3 Å². The van der Waals surface area contributed by atoms with E-state index in [1.807, 2.05) is 37.0 Å². The minimum atomic E-state index is 0.473. The Balaban J connectivity index is 2.19. The molecule has 2 aromatic rings. The molecule has 0 aliphatic carbocycles. The van der Waals surface area contributed by atoms with Gasteiger partial charge in [0.05, 0.1) is 18.5 Å². The maximum Gasteiger partial charge on any atom is 0.166 e. The summed E-state index contributed by atoms with van der Waals surface area (Å²) in [6, 6.07) is 8.00. The Morgan fingerprint density at radius 3 is 2.76 bits per heavy atom. The lowest BCUT2D eigenvalue weighted by molar-refractivity contribution is 0.272. The van der Waals surface area contributed by atoms with E-state index in [0.29, 0.717) is 6.61 Å². The molecule has 0 unspecified atom stereocenters. The lowest BCUT2D eigenvalue weighted by atomic mass is 10.2. The number of ether oxygens (including phenoxy) is 2. The monoisotopic (exact) mass is 289 g/mol. The highest BCUT2D eigenvalue weighted by Gasteiger charge is 2.12. The summed E-state index contributed by atoms with van der Waals surface area (Å²) in [5.41, 5.74) is 3.20. The molecule has 0 atom stereocenters. The highest BCUT2D eigenvalue weighted by molar-refractivity contribution is 5.46. The first-order valence-corrected chi connectivity index (χ1v) is 7.14. The Hall–Kier alpha value is -2.01. The second kappa shape index (κ2) is 7.13. The summed E-state index contributed by atoms with van der Waals surface area (Å²) < 4.78 is 13.3. The summed E-state index contributed by atoms with van der Waals surface area (Å²) in [6.45, 7) is 3.30. The molecule has 2 rings (SSSR count). The molecule has 5 nitrogen and oxygen atoms in total. The third-order valence-corrected chi connectivity index (χ3v) is 3.40. The van der Waals surface area contributed by atoms with Crippen molar-refractivity contribution in [2.75, 3.05) is 14.2 Å². The van der Waals surface area contributed by atoms with Gasteiger partial charge in [0.2, 0.25) is 0 Å². The first-order valence-electron chi connectivity index (χ1n) is 7.14. The molecule has 0 spiro atoms. The maximum atomic E-state index is 6.01. The van der Waals surface area contributed by atoms with Crippen molar-refractivity contribution in [1.29, 1.82) is 0 Å². The minimum Gasteiger partial charge on any atom is -0.493 e. The van der Waals surface area contributed by atoms with Crippen LogP contribution in [0.4, 0.5) is 0 Å². The minimum absolute atomic E-state index is 0.473. The van der Waals surface area contributed by atoms with Gasteiger partial charge in [-0.15, -0.1) is 0 Å². The van der Waals surface area contributed by atoms with Crippen molar-refractivity contribution >= 4 is 0 Å². The predicted molar refractivity (Wildman–Crippen MR) is 82.7 cm³/mol. The smallest absolute Gasteiger partial charge is 0.166 e. The highest BCUT2D eigenvalue weighted by Crippen LogP contribution is 2.31. The Morgan fingerprint density at radius 1 is 1.33 bits per heavy atom. The van der Waals surface area contributed by atoms with Crippen LogP contribution >= 0.6 is 0 Å². The molecule has 1 N–H and O–H groups in total. The Morgan fingerprint density at radius 2 is 2.14 bits per heavy atom. The summed E-state index contributed by atoms with van der Waals surface area (Å²) in [5, 5.41) is 7.58. The van der Waals surface area contributed by atoms with E-state index in [9.17, 15) is 0 Å². The molecule has 1 heterocycles.